The number of halogens is 2. The van der Waals surface area contributed by atoms with Crippen LogP contribution in [0.1, 0.15) is 12.8 Å². The van der Waals surface area contributed by atoms with E-state index >= 15 is 0 Å². The molecule has 9 heteroatoms. The van der Waals surface area contributed by atoms with Gasteiger partial charge in [0.25, 0.3) is 5.56 Å². The van der Waals surface area contributed by atoms with Crippen LogP contribution in [0.2, 0.25) is 0 Å². The van der Waals surface area contributed by atoms with Crippen LogP contribution in [0.3, 0.4) is 0 Å². The summed E-state index contributed by atoms with van der Waals surface area (Å²) in [7, 11) is 0. The zero-order valence-electron chi connectivity index (χ0n) is 13.9. The number of carbonyl (C=O) groups excluding carboxylic acids is 1. The van der Waals surface area contributed by atoms with E-state index in [9.17, 15) is 18.4 Å². The highest BCUT2D eigenvalue weighted by Gasteiger charge is 2.17. The van der Waals surface area contributed by atoms with Crippen LogP contribution in [0, 0.1) is 11.6 Å². The number of fused-ring (bicyclic) bond motifs is 2. The van der Waals surface area contributed by atoms with Crippen LogP contribution >= 0.6 is 0 Å². The summed E-state index contributed by atoms with van der Waals surface area (Å²) in [5.74, 6) is -2.39. The SMILES string of the molecule is CC(=O)Oc1nn(Cc2nc3cc(F)cc(F)c3o2)c(=O)c2ccccc12. The number of benzene rings is 2. The fourth-order valence-electron chi connectivity index (χ4n) is 2.72. The Labute approximate surface area is 149 Å². The normalized spacial score (nSPS) is 11.2. The van der Waals surface area contributed by atoms with Crippen molar-refractivity contribution in [2.45, 2.75) is 13.5 Å². The minimum atomic E-state index is -0.900. The quantitative estimate of drug-likeness (QED) is 0.515. The summed E-state index contributed by atoms with van der Waals surface area (Å²) in [4.78, 5) is 28.0. The topological polar surface area (TPSA) is 87.2 Å². The number of ether oxygens (including phenoxy) is 1. The van der Waals surface area contributed by atoms with Gasteiger partial charge in [-0.25, -0.2) is 18.4 Å². The molecule has 0 atom stereocenters. The summed E-state index contributed by atoms with van der Waals surface area (Å²) in [6.45, 7) is 0.956. The minimum absolute atomic E-state index is 0.0171. The number of hydrogen-bond acceptors (Lipinski definition) is 6. The second kappa shape index (κ2) is 6.27. The van der Waals surface area contributed by atoms with Gasteiger partial charge in [0.15, 0.2) is 11.4 Å². The fraction of sp³-hybridized carbons (Fsp3) is 0.111. The number of carbonyl (C=O) groups is 1. The maximum absolute atomic E-state index is 13.8. The fourth-order valence-corrected chi connectivity index (χ4v) is 2.72. The third-order valence-corrected chi connectivity index (χ3v) is 3.81. The van der Waals surface area contributed by atoms with Crippen molar-refractivity contribution in [3.8, 4) is 5.88 Å². The summed E-state index contributed by atoms with van der Waals surface area (Å²) in [6, 6.07) is 8.19. The van der Waals surface area contributed by atoms with E-state index in [4.69, 9.17) is 9.15 Å². The number of aromatic nitrogens is 3. The molecule has 136 valence electrons. The molecule has 0 aliphatic heterocycles. The Hall–Kier alpha value is -3.62. The van der Waals surface area contributed by atoms with Crippen LogP contribution in [0.15, 0.2) is 45.6 Å². The first kappa shape index (κ1) is 16.8. The summed E-state index contributed by atoms with van der Waals surface area (Å²) in [6.07, 6.45) is 0. The lowest BCUT2D eigenvalue weighted by Crippen LogP contribution is -2.25. The van der Waals surface area contributed by atoms with E-state index in [-0.39, 0.29) is 34.8 Å². The molecule has 7 nitrogen and oxygen atoms in total. The second-order valence-corrected chi connectivity index (χ2v) is 5.75. The Balaban J connectivity index is 1.84. The molecule has 2 aromatic carbocycles. The highest BCUT2D eigenvalue weighted by atomic mass is 19.1. The number of rotatable bonds is 3. The zero-order valence-corrected chi connectivity index (χ0v) is 13.9. The van der Waals surface area contributed by atoms with Gasteiger partial charge in [0.1, 0.15) is 17.9 Å². The first-order chi connectivity index (χ1) is 12.9. The predicted octanol–water partition coefficient (Wildman–Crippen LogP) is 2.79. The van der Waals surface area contributed by atoms with Crippen molar-refractivity contribution in [1.82, 2.24) is 14.8 Å². The molecule has 0 amide bonds. The second-order valence-electron chi connectivity index (χ2n) is 5.75. The van der Waals surface area contributed by atoms with Crippen molar-refractivity contribution in [3.63, 3.8) is 0 Å². The Morgan fingerprint density at radius 1 is 1.22 bits per heavy atom. The van der Waals surface area contributed by atoms with E-state index in [1.807, 2.05) is 0 Å². The van der Waals surface area contributed by atoms with E-state index in [2.05, 4.69) is 10.1 Å². The highest BCUT2D eigenvalue weighted by Crippen LogP contribution is 2.23. The van der Waals surface area contributed by atoms with Crippen LogP contribution in [-0.2, 0) is 11.3 Å². The molecule has 4 aromatic rings. The third kappa shape index (κ3) is 3.03. The molecule has 0 bridgehead atoms. The molecule has 0 aliphatic carbocycles. The van der Waals surface area contributed by atoms with Gasteiger partial charge in [0, 0.05) is 19.1 Å². The number of hydrogen-bond donors (Lipinski definition) is 0. The third-order valence-electron chi connectivity index (χ3n) is 3.81. The molecule has 0 fully saturated rings. The molecule has 4 rings (SSSR count). The van der Waals surface area contributed by atoms with Crippen LogP contribution in [0.4, 0.5) is 8.78 Å². The van der Waals surface area contributed by atoms with Gasteiger partial charge in [-0.1, -0.05) is 12.1 Å². The maximum Gasteiger partial charge on any atom is 0.309 e. The average Bonchev–Trinajstić information content (AvgIpc) is 3.01. The highest BCUT2D eigenvalue weighted by molar-refractivity contribution is 5.87. The van der Waals surface area contributed by atoms with Crippen molar-refractivity contribution in [2.24, 2.45) is 0 Å². The van der Waals surface area contributed by atoms with Gasteiger partial charge in [0.05, 0.1) is 10.8 Å². The first-order valence-corrected chi connectivity index (χ1v) is 7.85. The molecule has 0 radical (unpaired) electrons. The largest absolute Gasteiger partial charge is 0.436 e. The van der Waals surface area contributed by atoms with E-state index in [1.165, 1.54) is 6.92 Å². The van der Waals surface area contributed by atoms with Crippen LogP contribution in [0.5, 0.6) is 5.88 Å². The predicted molar refractivity (Wildman–Crippen MR) is 90.3 cm³/mol. The molecule has 2 aromatic heterocycles. The van der Waals surface area contributed by atoms with Crippen LogP contribution in [-0.4, -0.2) is 20.7 Å². The van der Waals surface area contributed by atoms with Gasteiger partial charge < -0.3 is 9.15 Å². The Morgan fingerprint density at radius 3 is 2.70 bits per heavy atom. The van der Waals surface area contributed by atoms with Crippen molar-refractivity contribution >= 4 is 27.8 Å². The van der Waals surface area contributed by atoms with Gasteiger partial charge in [-0.2, -0.15) is 0 Å². The number of oxazole rings is 1. The summed E-state index contributed by atoms with van der Waals surface area (Å²) >= 11 is 0. The first-order valence-electron chi connectivity index (χ1n) is 7.85. The monoisotopic (exact) mass is 371 g/mol. The number of esters is 1. The molecule has 0 spiro atoms. The molecular weight excluding hydrogens is 360 g/mol. The maximum atomic E-state index is 13.8. The van der Waals surface area contributed by atoms with Gasteiger partial charge >= 0.3 is 5.97 Å². The van der Waals surface area contributed by atoms with E-state index in [0.717, 1.165) is 10.7 Å². The van der Waals surface area contributed by atoms with Gasteiger partial charge in [0.2, 0.25) is 11.8 Å². The zero-order chi connectivity index (χ0) is 19.1. The Bertz CT molecular complexity index is 1260. The molecule has 0 N–H and O–H groups in total. The van der Waals surface area contributed by atoms with E-state index < -0.39 is 23.2 Å². The van der Waals surface area contributed by atoms with Crippen molar-refractivity contribution in [2.75, 3.05) is 0 Å². The molecule has 0 saturated heterocycles. The lowest BCUT2D eigenvalue weighted by atomic mass is 10.2. The molecular formula is C18H11F2N3O4. The molecule has 0 unspecified atom stereocenters. The van der Waals surface area contributed by atoms with Gasteiger partial charge in [-0.05, 0) is 12.1 Å². The molecule has 2 heterocycles. The lowest BCUT2D eigenvalue weighted by Gasteiger charge is -2.08. The van der Waals surface area contributed by atoms with Crippen molar-refractivity contribution in [3.05, 3.63) is 64.3 Å². The van der Waals surface area contributed by atoms with Crippen LogP contribution in [0.25, 0.3) is 21.9 Å². The molecule has 0 saturated carbocycles. The van der Waals surface area contributed by atoms with E-state index in [1.54, 1.807) is 24.3 Å². The Kier molecular flexibility index (Phi) is 3.91. The molecule has 27 heavy (non-hydrogen) atoms. The Morgan fingerprint density at radius 2 is 1.96 bits per heavy atom. The molecule has 0 aliphatic rings. The summed E-state index contributed by atoms with van der Waals surface area (Å²) in [5.41, 5.74) is -0.715. The standard InChI is InChI=1S/C18H11F2N3O4/c1-9(24)26-17-11-4-2-3-5-12(11)18(25)23(22-17)8-15-21-14-7-10(19)6-13(20)16(14)27-15/h2-7H,8H2,1H3. The number of nitrogens with zero attached hydrogens (tertiary/aromatic N) is 3. The average molecular weight is 371 g/mol. The minimum Gasteiger partial charge on any atom is -0.436 e. The van der Waals surface area contributed by atoms with Crippen molar-refractivity contribution < 1.29 is 22.7 Å². The van der Waals surface area contributed by atoms with E-state index in [0.29, 0.717) is 11.5 Å². The smallest absolute Gasteiger partial charge is 0.309 e. The summed E-state index contributed by atoms with van der Waals surface area (Å²) in [5, 5.41) is 4.69. The summed E-state index contributed by atoms with van der Waals surface area (Å²) < 4.78 is 38.4. The van der Waals surface area contributed by atoms with Gasteiger partial charge in [-0.15, -0.1) is 5.10 Å². The van der Waals surface area contributed by atoms with Crippen molar-refractivity contribution in [1.29, 1.82) is 0 Å². The lowest BCUT2D eigenvalue weighted by molar-refractivity contribution is -0.132. The van der Waals surface area contributed by atoms with Crippen LogP contribution < -0.4 is 10.3 Å². The van der Waals surface area contributed by atoms with Gasteiger partial charge in [-0.3, -0.25) is 9.59 Å².